The third-order valence-electron chi connectivity index (χ3n) is 4.00. The van der Waals surface area contributed by atoms with Crippen molar-refractivity contribution in [2.24, 2.45) is 5.92 Å². The van der Waals surface area contributed by atoms with Gasteiger partial charge in [-0.3, -0.25) is 4.90 Å². The first-order valence-electron chi connectivity index (χ1n) is 6.76. The summed E-state index contributed by atoms with van der Waals surface area (Å²) >= 11 is 0. The maximum atomic E-state index is 9.36. The van der Waals surface area contributed by atoms with Crippen LogP contribution < -0.4 is 10.2 Å². The summed E-state index contributed by atoms with van der Waals surface area (Å²) < 4.78 is 5.13. The first-order valence-corrected chi connectivity index (χ1v) is 6.76. The second-order valence-corrected chi connectivity index (χ2v) is 5.44. The highest BCUT2D eigenvalue weighted by atomic mass is 16.5. The van der Waals surface area contributed by atoms with Gasteiger partial charge in [0, 0.05) is 18.0 Å². The van der Waals surface area contributed by atoms with Gasteiger partial charge in [0.2, 0.25) is 0 Å². The van der Waals surface area contributed by atoms with Gasteiger partial charge >= 0.3 is 7.12 Å². The van der Waals surface area contributed by atoms with Crippen molar-refractivity contribution < 1.29 is 14.8 Å². The molecule has 4 nitrogen and oxygen atoms in total. The minimum Gasteiger partial charge on any atom is -0.497 e. The molecule has 0 bridgehead atoms. The Morgan fingerprint density at radius 3 is 2.63 bits per heavy atom. The van der Waals surface area contributed by atoms with Crippen LogP contribution in [0.1, 0.15) is 25.3 Å². The molecule has 0 spiro atoms. The molecule has 1 aromatic carbocycles. The highest BCUT2D eigenvalue weighted by Gasteiger charge is 2.30. The number of rotatable bonds is 6. The van der Waals surface area contributed by atoms with Crippen molar-refractivity contribution in [3.8, 4) is 5.75 Å². The third kappa shape index (κ3) is 3.50. The van der Waals surface area contributed by atoms with Crippen molar-refractivity contribution in [3.63, 3.8) is 0 Å². The molecule has 104 valence electrons. The molecule has 2 N–H and O–H groups in total. The van der Waals surface area contributed by atoms with E-state index in [0.29, 0.717) is 17.3 Å². The van der Waals surface area contributed by atoms with Crippen LogP contribution in [0, 0.1) is 5.92 Å². The first-order chi connectivity index (χ1) is 9.02. The first kappa shape index (κ1) is 14.4. The molecule has 1 unspecified atom stereocenters. The average Bonchev–Trinajstić information content (AvgIpc) is 3.21. The maximum absolute atomic E-state index is 9.36. The number of ether oxygens (including phenoxy) is 1. The molecule has 0 heterocycles. The van der Waals surface area contributed by atoms with Gasteiger partial charge in [0.05, 0.1) is 7.11 Å². The predicted octanol–water partition coefficient (Wildman–Crippen LogP) is 0.605. The molecule has 1 atom stereocenters. The second kappa shape index (κ2) is 5.95. The average molecular weight is 263 g/mol. The molecule has 0 aromatic heterocycles. The topological polar surface area (TPSA) is 52.9 Å². The van der Waals surface area contributed by atoms with Gasteiger partial charge in [-0.25, -0.2) is 0 Å². The van der Waals surface area contributed by atoms with Crippen LogP contribution in [-0.4, -0.2) is 42.3 Å². The van der Waals surface area contributed by atoms with Crippen molar-refractivity contribution in [1.82, 2.24) is 4.90 Å². The predicted molar refractivity (Wildman–Crippen MR) is 76.5 cm³/mol. The van der Waals surface area contributed by atoms with Crippen LogP contribution in [0.15, 0.2) is 18.2 Å². The zero-order valence-corrected chi connectivity index (χ0v) is 11.8. The number of hydrogen-bond acceptors (Lipinski definition) is 4. The van der Waals surface area contributed by atoms with Crippen LogP contribution in [0.3, 0.4) is 0 Å². The molecule has 1 saturated carbocycles. The third-order valence-corrected chi connectivity index (χ3v) is 4.00. The molecule has 1 aliphatic rings. The lowest BCUT2D eigenvalue weighted by Crippen LogP contribution is -2.33. The summed E-state index contributed by atoms with van der Waals surface area (Å²) in [5.74, 6) is 1.34. The van der Waals surface area contributed by atoms with E-state index < -0.39 is 7.12 Å². The fraction of sp³-hybridized carbons (Fsp3) is 0.571. The standard InChI is InChI=1S/C14H22BNO3/c1-10(12-5-6-12)16(2)9-11-4-7-14(19-3)13(8-11)15(17)18/h4,7-8,10,12,17-18H,5-6,9H2,1-3H3. The largest absolute Gasteiger partial charge is 0.497 e. The molecule has 1 fully saturated rings. The Morgan fingerprint density at radius 1 is 1.42 bits per heavy atom. The van der Waals surface area contributed by atoms with Crippen LogP contribution in [0.5, 0.6) is 5.75 Å². The SMILES string of the molecule is COc1ccc(CN(C)C(C)C2CC2)cc1B(O)O. The molecule has 0 saturated heterocycles. The minimum atomic E-state index is -1.50. The smallest absolute Gasteiger partial charge is 0.492 e. The van der Waals surface area contributed by atoms with Gasteiger partial charge in [-0.15, -0.1) is 0 Å². The number of nitrogens with zero attached hydrogens (tertiary/aromatic N) is 1. The van der Waals surface area contributed by atoms with Crippen LogP contribution in [-0.2, 0) is 6.54 Å². The van der Waals surface area contributed by atoms with Crippen molar-refractivity contribution in [3.05, 3.63) is 23.8 Å². The zero-order chi connectivity index (χ0) is 14.0. The fourth-order valence-electron chi connectivity index (χ4n) is 2.45. The Bertz CT molecular complexity index is 435. The Labute approximate surface area is 115 Å². The molecule has 0 amide bonds. The van der Waals surface area contributed by atoms with Crippen molar-refractivity contribution >= 4 is 12.6 Å². The number of methoxy groups -OCH3 is 1. The Balaban J connectivity index is 2.09. The maximum Gasteiger partial charge on any atom is 0.492 e. The Kier molecular flexibility index (Phi) is 4.50. The summed E-state index contributed by atoms with van der Waals surface area (Å²) in [7, 11) is 2.14. The van der Waals surface area contributed by atoms with E-state index in [4.69, 9.17) is 4.74 Å². The van der Waals surface area contributed by atoms with Crippen molar-refractivity contribution in [1.29, 1.82) is 0 Å². The zero-order valence-electron chi connectivity index (χ0n) is 11.8. The summed E-state index contributed by atoms with van der Waals surface area (Å²) in [5.41, 5.74) is 1.49. The van der Waals surface area contributed by atoms with E-state index >= 15 is 0 Å². The van der Waals surface area contributed by atoms with Crippen molar-refractivity contribution in [2.45, 2.75) is 32.4 Å². The van der Waals surface area contributed by atoms with E-state index in [2.05, 4.69) is 18.9 Å². The van der Waals surface area contributed by atoms with E-state index in [1.165, 1.54) is 20.0 Å². The van der Waals surface area contributed by atoms with E-state index in [0.717, 1.165) is 18.0 Å². The van der Waals surface area contributed by atoms with E-state index in [1.54, 1.807) is 12.1 Å². The molecule has 19 heavy (non-hydrogen) atoms. The van der Waals surface area contributed by atoms with Gasteiger partial charge in [-0.1, -0.05) is 12.1 Å². The van der Waals surface area contributed by atoms with Crippen LogP contribution in [0.4, 0.5) is 0 Å². The molecule has 1 aromatic rings. The van der Waals surface area contributed by atoms with Gasteiger partial charge in [0.15, 0.2) is 0 Å². The van der Waals surface area contributed by atoms with Gasteiger partial charge in [0.25, 0.3) is 0 Å². The highest BCUT2D eigenvalue weighted by Crippen LogP contribution is 2.35. The summed E-state index contributed by atoms with van der Waals surface area (Å²) in [6, 6.07) is 6.14. The van der Waals surface area contributed by atoms with E-state index in [9.17, 15) is 10.0 Å². The van der Waals surface area contributed by atoms with Gasteiger partial charge in [-0.2, -0.15) is 0 Å². The molecule has 1 aliphatic carbocycles. The number of hydrogen-bond donors (Lipinski definition) is 2. The van der Waals surface area contributed by atoms with E-state index in [1.807, 2.05) is 6.07 Å². The molecule has 2 rings (SSSR count). The molecular formula is C14H22BNO3. The summed E-state index contributed by atoms with van der Waals surface area (Å²) in [6.07, 6.45) is 2.66. The Morgan fingerprint density at radius 2 is 2.11 bits per heavy atom. The quantitative estimate of drug-likeness (QED) is 0.738. The normalized spacial score (nSPS) is 16.5. The lowest BCUT2D eigenvalue weighted by atomic mass is 9.78. The summed E-state index contributed by atoms with van der Waals surface area (Å²) in [4.78, 5) is 2.31. The lowest BCUT2D eigenvalue weighted by molar-refractivity contribution is 0.226. The minimum absolute atomic E-state index is 0.424. The highest BCUT2D eigenvalue weighted by molar-refractivity contribution is 6.59. The molecular weight excluding hydrogens is 241 g/mol. The molecule has 5 heteroatoms. The summed E-state index contributed by atoms with van der Waals surface area (Å²) in [5, 5.41) is 18.7. The van der Waals surface area contributed by atoms with Gasteiger partial charge < -0.3 is 14.8 Å². The monoisotopic (exact) mass is 263 g/mol. The Hall–Kier alpha value is -1.04. The fourth-order valence-corrected chi connectivity index (χ4v) is 2.45. The lowest BCUT2D eigenvalue weighted by Gasteiger charge is -2.25. The van der Waals surface area contributed by atoms with Crippen LogP contribution in [0.25, 0.3) is 0 Å². The number of benzene rings is 1. The van der Waals surface area contributed by atoms with Gasteiger partial charge in [-0.05, 0) is 44.4 Å². The van der Waals surface area contributed by atoms with Gasteiger partial charge in [0.1, 0.15) is 5.75 Å². The van der Waals surface area contributed by atoms with Crippen LogP contribution >= 0.6 is 0 Å². The molecule has 0 radical (unpaired) electrons. The molecule has 0 aliphatic heterocycles. The van der Waals surface area contributed by atoms with E-state index in [-0.39, 0.29) is 0 Å². The second-order valence-electron chi connectivity index (χ2n) is 5.44. The summed E-state index contributed by atoms with van der Waals surface area (Å²) in [6.45, 7) is 3.06. The van der Waals surface area contributed by atoms with Crippen molar-refractivity contribution in [2.75, 3.05) is 14.2 Å². The van der Waals surface area contributed by atoms with Crippen LogP contribution in [0.2, 0.25) is 0 Å².